The number of carboxylic acid groups (broad SMARTS) is 1. The maximum Gasteiger partial charge on any atom is 0.329 e. The van der Waals surface area contributed by atoms with E-state index < -0.39 is 23.2 Å². The second-order valence-electron chi connectivity index (χ2n) is 6.17. The molecule has 0 bridgehead atoms. The molecule has 0 heterocycles. The van der Waals surface area contributed by atoms with Crippen LogP contribution in [0.3, 0.4) is 0 Å². The second kappa shape index (κ2) is 5.54. The normalized spacial score (nSPS) is 25.7. The van der Waals surface area contributed by atoms with Crippen LogP contribution in [0.25, 0.3) is 0 Å². The smallest absolute Gasteiger partial charge is 0.329 e. The Morgan fingerprint density at radius 1 is 1.32 bits per heavy atom. The third-order valence-electron chi connectivity index (χ3n) is 4.73. The Morgan fingerprint density at radius 2 is 2.00 bits per heavy atom. The van der Waals surface area contributed by atoms with Gasteiger partial charge < -0.3 is 10.4 Å². The van der Waals surface area contributed by atoms with Crippen LogP contribution in [0.2, 0.25) is 5.02 Å². The number of benzene rings is 1. The number of nitrogens with one attached hydrogen (secondary N) is 1. The van der Waals surface area contributed by atoms with Crippen molar-refractivity contribution in [1.29, 1.82) is 0 Å². The first-order valence-electron chi connectivity index (χ1n) is 7.44. The number of amides is 1. The summed E-state index contributed by atoms with van der Waals surface area (Å²) < 4.78 is 13.9. The van der Waals surface area contributed by atoms with Crippen molar-refractivity contribution in [2.24, 2.45) is 5.92 Å². The van der Waals surface area contributed by atoms with Gasteiger partial charge in [0.15, 0.2) is 0 Å². The van der Waals surface area contributed by atoms with Crippen LogP contribution < -0.4 is 5.32 Å². The van der Waals surface area contributed by atoms with Gasteiger partial charge in [-0.25, -0.2) is 9.18 Å². The minimum absolute atomic E-state index is 0.263. The summed E-state index contributed by atoms with van der Waals surface area (Å²) in [5.74, 6) is -2.37. The number of carboxylic acids is 1. The summed E-state index contributed by atoms with van der Waals surface area (Å²) in [7, 11) is 0. The first-order chi connectivity index (χ1) is 10.4. The lowest BCUT2D eigenvalue weighted by molar-refractivity contribution is -0.147. The van der Waals surface area contributed by atoms with Crippen LogP contribution in [0.15, 0.2) is 18.2 Å². The van der Waals surface area contributed by atoms with Crippen molar-refractivity contribution in [2.45, 2.75) is 43.6 Å². The van der Waals surface area contributed by atoms with Crippen LogP contribution in [-0.4, -0.2) is 22.5 Å². The van der Waals surface area contributed by atoms with E-state index in [1.165, 1.54) is 12.1 Å². The summed E-state index contributed by atoms with van der Waals surface area (Å²) in [4.78, 5) is 23.8. The van der Waals surface area contributed by atoms with Gasteiger partial charge in [0.2, 0.25) is 5.91 Å². The van der Waals surface area contributed by atoms with E-state index in [1.807, 2.05) is 0 Å². The molecule has 2 N–H and O–H groups in total. The topological polar surface area (TPSA) is 66.4 Å². The highest BCUT2D eigenvalue weighted by Crippen LogP contribution is 2.51. The zero-order chi connectivity index (χ0) is 15.9. The lowest BCUT2D eigenvalue weighted by Gasteiger charge is -2.25. The van der Waals surface area contributed by atoms with Crippen LogP contribution in [0, 0.1) is 11.7 Å². The summed E-state index contributed by atoms with van der Waals surface area (Å²) in [6.45, 7) is 0. The molecule has 0 aliphatic heterocycles. The quantitative estimate of drug-likeness (QED) is 0.894. The van der Waals surface area contributed by atoms with Crippen molar-refractivity contribution in [2.75, 3.05) is 0 Å². The van der Waals surface area contributed by atoms with Gasteiger partial charge >= 0.3 is 5.97 Å². The van der Waals surface area contributed by atoms with Gasteiger partial charge in [0.1, 0.15) is 11.4 Å². The van der Waals surface area contributed by atoms with E-state index in [1.54, 1.807) is 6.07 Å². The average molecular weight is 326 g/mol. The number of aliphatic carboxylic acids is 1. The van der Waals surface area contributed by atoms with Gasteiger partial charge in [0, 0.05) is 22.4 Å². The van der Waals surface area contributed by atoms with Crippen LogP contribution in [0.4, 0.5) is 4.39 Å². The fourth-order valence-corrected chi connectivity index (χ4v) is 3.67. The third-order valence-corrected chi connectivity index (χ3v) is 5.06. The first-order valence-corrected chi connectivity index (χ1v) is 7.82. The Labute approximate surface area is 132 Å². The summed E-state index contributed by atoms with van der Waals surface area (Å²) in [6.07, 6.45) is 2.99. The van der Waals surface area contributed by atoms with E-state index >= 15 is 0 Å². The Balaban J connectivity index is 1.72. The van der Waals surface area contributed by atoms with Crippen molar-refractivity contribution in [3.05, 3.63) is 34.6 Å². The van der Waals surface area contributed by atoms with Crippen LogP contribution in [0.1, 0.15) is 43.6 Å². The lowest BCUT2D eigenvalue weighted by Crippen LogP contribution is -2.53. The number of rotatable bonds is 4. The lowest BCUT2D eigenvalue weighted by atomic mass is 9.97. The molecular formula is C16H17ClFNO3. The Kier molecular flexibility index (Phi) is 3.85. The minimum Gasteiger partial charge on any atom is -0.480 e. The number of hydrogen-bond donors (Lipinski definition) is 2. The molecule has 2 aliphatic carbocycles. The van der Waals surface area contributed by atoms with Gasteiger partial charge in [-0.15, -0.1) is 0 Å². The zero-order valence-electron chi connectivity index (χ0n) is 11.9. The fraction of sp³-hybridized carbons (Fsp3) is 0.500. The van der Waals surface area contributed by atoms with E-state index in [9.17, 15) is 19.1 Å². The highest BCUT2D eigenvalue weighted by molar-refractivity contribution is 6.31. The van der Waals surface area contributed by atoms with Crippen molar-refractivity contribution in [3.63, 3.8) is 0 Å². The summed E-state index contributed by atoms with van der Waals surface area (Å²) in [5, 5.41) is 12.4. The molecule has 1 aromatic carbocycles. The van der Waals surface area contributed by atoms with E-state index in [4.69, 9.17) is 11.6 Å². The second-order valence-corrected chi connectivity index (χ2v) is 6.57. The molecule has 22 heavy (non-hydrogen) atoms. The molecular weight excluding hydrogens is 309 g/mol. The average Bonchev–Trinajstić information content (AvgIpc) is 3.09. The van der Waals surface area contributed by atoms with Crippen molar-refractivity contribution < 1.29 is 19.1 Å². The van der Waals surface area contributed by atoms with E-state index in [-0.39, 0.29) is 11.8 Å². The summed E-state index contributed by atoms with van der Waals surface area (Å²) in [5.41, 5.74) is -0.788. The van der Waals surface area contributed by atoms with E-state index in [0.717, 1.165) is 12.8 Å². The molecule has 6 heteroatoms. The Hall–Kier alpha value is -1.62. The van der Waals surface area contributed by atoms with Gasteiger partial charge in [-0.1, -0.05) is 30.5 Å². The largest absolute Gasteiger partial charge is 0.480 e. The zero-order valence-corrected chi connectivity index (χ0v) is 12.7. The van der Waals surface area contributed by atoms with Gasteiger partial charge in [-0.2, -0.15) is 0 Å². The SMILES string of the molecule is O=C(NC1(C(=O)O)CCCC1)C1CC1c1c(F)cccc1Cl. The number of halogens is 2. The van der Waals surface area contributed by atoms with Gasteiger partial charge in [0.25, 0.3) is 0 Å². The van der Waals surface area contributed by atoms with Gasteiger partial charge in [-0.05, 0) is 31.4 Å². The fourth-order valence-electron chi connectivity index (χ4n) is 3.37. The molecule has 2 fully saturated rings. The summed E-state index contributed by atoms with van der Waals surface area (Å²) in [6, 6.07) is 4.45. The predicted octanol–water partition coefficient (Wildman–Crippen LogP) is 3.10. The number of carbonyl (C=O) groups excluding carboxylic acids is 1. The van der Waals surface area contributed by atoms with E-state index in [2.05, 4.69) is 5.32 Å². The molecule has 0 saturated heterocycles. The van der Waals surface area contributed by atoms with Crippen LogP contribution >= 0.6 is 11.6 Å². The number of hydrogen-bond acceptors (Lipinski definition) is 2. The van der Waals surface area contributed by atoms with Crippen LogP contribution in [0.5, 0.6) is 0 Å². The maximum atomic E-state index is 13.9. The standard InChI is InChI=1S/C16H17ClFNO3/c17-11-4-3-5-12(18)13(11)9-8-10(9)14(20)19-16(15(21)22)6-1-2-7-16/h3-5,9-10H,1-2,6-8H2,(H,19,20)(H,21,22). The van der Waals surface area contributed by atoms with E-state index in [0.29, 0.717) is 29.8 Å². The molecule has 3 rings (SSSR count). The molecule has 0 aromatic heterocycles. The third kappa shape index (κ3) is 2.58. The van der Waals surface area contributed by atoms with Crippen LogP contribution in [-0.2, 0) is 9.59 Å². The minimum atomic E-state index is -1.15. The number of carbonyl (C=O) groups is 2. The molecule has 2 atom stereocenters. The molecule has 2 saturated carbocycles. The summed E-state index contributed by atoms with van der Waals surface area (Å²) >= 11 is 6.02. The highest BCUT2D eigenvalue weighted by atomic mass is 35.5. The van der Waals surface area contributed by atoms with Crippen molar-refractivity contribution in [3.8, 4) is 0 Å². The van der Waals surface area contributed by atoms with Gasteiger partial charge in [-0.3, -0.25) is 4.79 Å². The first kappa shape index (κ1) is 15.3. The molecule has 1 aromatic rings. The molecule has 2 unspecified atom stereocenters. The molecule has 2 aliphatic rings. The molecule has 1 amide bonds. The highest BCUT2D eigenvalue weighted by Gasteiger charge is 2.50. The van der Waals surface area contributed by atoms with Gasteiger partial charge in [0.05, 0.1) is 0 Å². The monoisotopic (exact) mass is 325 g/mol. The Bertz CT molecular complexity index is 608. The molecule has 4 nitrogen and oxygen atoms in total. The van der Waals surface area contributed by atoms with Crippen molar-refractivity contribution in [1.82, 2.24) is 5.32 Å². The Morgan fingerprint density at radius 3 is 2.59 bits per heavy atom. The predicted molar refractivity (Wildman–Crippen MR) is 79.2 cm³/mol. The molecule has 118 valence electrons. The van der Waals surface area contributed by atoms with Crippen molar-refractivity contribution >= 4 is 23.5 Å². The maximum absolute atomic E-state index is 13.9. The molecule has 0 radical (unpaired) electrons. The molecule has 0 spiro atoms.